The molecule has 0 radical (unpaired) electrons. The Morgan fingerprint density at radius 1 is 0.792 bits per heavy atom. The zero-order chi connectivity index (χ0) is 17.1. The average molecular weight is 432 g/mol. The van der Waals surface area contributed by atoms with E-state index < -0.39 is 0 Å². The summed E-state index contributed by atoms with van der Waals surface area (Å²) in [7, 11) is 0. The van der Waals surface area contributed by atoms with Gasteiger partial charge in [-0.1, -0.05) is 60.7 Å². The third-order valence-corrected chi connectivity index (χ3v) is 5.23. The Morgan fingerprint density at radius 2 is 1.25 bits per heavy atom. The first-order valence-corrected chi connectivity index (χ1v) is 8.73. The van der Waals surface area contributed by atoms with Crippen LogP contribution in [-0.2, 0) is 13.1 Å². The van der Waals surface area contributed by atoms with E-state index in [1.54, 1.807) is 4.57 Å². The minimum atomic E-state index is -0.273. The Kier molecular flexibility index (Phi) is 4.99. The summed E-state index contributed by atoms with van der Waals surface area (Å²) >= 11 is 2.03. The van der Waals surface area contributed by atoms with Crippen molar-refractivity contribution in [1.82, 2.24) is 9.13 Å². The van der Waals surface area contributed by atoms with Crippen LogP contribution in [0.3, 0.4) is 0 Å². The van der Waals surface area contributed by atoms with Gasteiger partial charge in [0.2, 0.25) is 0 Å². The molecule has 4 nitrogen and oxygen atoms in total. The zero-order valence-electron chi connectivity index (χ0n) is 13.3. The Morgan fingerprint density at radius 3 is 1.75 bits per heavy atom. The first-order valence-electron chi connectivity index (χ1n) is 7.65. The second-order valence-corrected chi connectivity index (χ2v) is 6.71. The van der Waals surface area contributed by atoms with Crippen molar-refractivity contribution in [3.05, 3.63) is 102 Å². The largest absolute Gasteiger partial charge is 0.331 e. The van der Waals surface area contributed by atoms with Crippen molar-refractivity contribution < 1.29 is 0 Å². The van der Waals surface area contributed by atoms with Crippen LogP contribution < -0.4 is 11.2 Å². The standard InChI is InChI=1S/C19H17IN2O2/c1-14-17(20)18(23)22(13-16-10-6-3-7-11-16)19(24)21(14)12-15-8-4-2-5-9-15/h2-11H,12-13H2,1H3. The van der Waals surface area contributed by atoms with E-state index in [-0.39, 0.29) is 17.8 Å². The lowest BCUT2D eigenvalue weighted by Crippen LogP contribution is -2.43. The summed E-state index contributed by atoms with van der Waals surface area (Å²) in [6, 6.07) is 19.3. The van der Waals surface area contributed by atoms with Gasteiger partial charge in [-0.15, -0.1) is 0 Å². The number of benzene rings is 2. The van der Waals surface area contributed by atoms with Gasteiger partial charge in [-0.25, -0.2) is 4.79 Å². The first kappa shape index (κ1) is 16.7. The maximum absolute atomic E-state index is 12.9. The van der Waals surface area contributed by atoms with Crippen molar-refractivity contribution in [3.8, 4) is 0 Å². The summed E-state index contributed by atoms with van der Waals surface area (Å²) in [6.07, 6.45) is 0. The van der Waals surface area contributed by atoms with E-state index in [0.717, 1.165) is 11.1 Å². The Hall–Kier alpha value is -2.15. The fourth-order valence-electron chi connectivity index (χ4n) is 2.63. The molecule has 2 aromatic carbocycles. The quantitative estimate of drug-likeness (QED) is 0.596. The molecule has 3 rings (SSSR count). The normalized spacial score (nSPS) is 10.8. The van der Waals surface area contributed by atoms with Crippen LogP contribution in [0.5, 0.6) is 0 Å². The van der Waals surface area contributed by atoms with Gasteiger partial charge in [-0.3, -0.25) is 13.9 Å². The van der Waals surface area contributed by atoms with Crippen LogP contribution in [0.1, 0.15) is 16.8 Å². The molecule has 3 aromatic rings. The summed E-state index contributed by atoms with van der Waals surface area (Å²) in [5, 5.41) is 0. The molecule has 24 heavy (non-hydrogen) atoms. The van der Waals surface area contributed by atoms with E-state index in [2.05, 4.69) is 0 Å². The number of rotatable bonds is 4. The second kappa shape index (κ2) is 7.17. The van der Waals surface area contributed by atoms with Crippen LogP contribution in [-0.4, -0.2) is 9.13 Å². The highest BCUT2D eigenvalue weighted by atomic mass is 127. The lowest BCUT2D eigenvalue weighted by atomic mass is 10.2. The van der Waals surface area contributed by atoms with Crippen molar-refractivity contribution in [2.45, 2.75) is 20.0 Å². The highest BCUT2D eigenvalue weighted by Crippen LogP contribution is 2.08. The highest BCUT2D eigenvalue weighted by molar-refractivity contribution is 14.1. The van der Waals surface area contributed by atoms with Gasteiger partial charge in [0.1, 0.15) is 0 Å². The monoisotopic (exact) mass is 432 g/mol. The minimum absolute atomic E-state index is 0.230. The van der Waals surface area contributed by atoms with E-state index in [0.29, 0.717) is 15.8 Å². The molecule has 0 aliphatic carbocycles. The Bertz CT molecular complexity index is 960. The topological polar surface area (TPSA) is 44.0 Å². The summed E-state index contributed by atoms with van der Waals surface area (Å²) in [5.41, 5.74) is 2.17. The Balaban J connectivity index is 2.10. The molecular formula is C19H17IN2O2. The molecule has 0 bridgehead atoms. The van der Waals surface area contributed by atoms with Crippen molar-refractivity contribution in [2.24, 2.45) is 0 Å². The van der Waals surface area contributed by atoms with E-state index in [4.69, 9.17) is 0 Å². The molecule has 0 aliphatic rings. The lowest BCUT2D eigenvalue weighted by molar-refractivity contribution is 0.592. The third-order valence-electron chi connectivity index (χ3n) is 3.98. The van der Waals surface area contributed by atoms with E-state index >= 15 is 0 Å². The van der Waals surface area contributed by atoms with Crippen molar-refractivity contribution in [1.29, 1.82) is 0 Å². The van der Waals surface area contributed by atoms with Gasteiger partial charge >= 0.3 is 5.69 Å². The molecule has 0 saturated heterocycles. The number of halogens is 1. The lowest BCUT2D eigenvalue weighted by Gasteiger charge is -2.15. The van der Waals surface area contributed by atoms with Gasteiger partial charge in [0.15, 0.2) is 0 Å². The van der Waals surface area contributed by atoms with Gasteiger partial charge < -0.3 is 0 Å². The molecule has 1 heterocycles. The molecule has 0 fully saturated rings. The van der Waals surface area contributed by atoms with Gasteiger partial charge in [0.05, 0.1) is 16.7 Å². The highest BCUT2D eigenvalue weighted by Gasteiger charge is 2.15. The molecule has 0 spiro atoms. The third kappa shape index (κ3) is 3.36. The molecule has 122 valence electrons. The average Bonchev–Trinajstić information content (AvgIpc) is 2.62. The number of nitrogens with zero attached hydrogens (tertiary/aromatic N) is 2. The van der Waals surface area contributed by atoms with Crippen LogP contribution in [0.15, 0.2) is 70.3 Å². The van der Waals surface area contributed by atoms with Crippen molar-refractivity contribution in [2.75, 3.05) is 0 Å². The summed E-state index contributed by atoms with van der Waals surface area (Å²) in [5.74, 6) is 0. The molecule has 5 heteroatoms. The van der Waals surface area contributed by atoms with E-state index in [9.17, 15) is 9.59 Å². The van der Waals surface area contributed by atoms with Crippen LogP contribution in [0.2, 0.25) is 0 Å². The summed E-state index contributed by atoms with van der Waals surface area (Å²) < 4.78 is 3.56. The fraction of sp³-hybridized carbons (Fsp3) is 0.158. The first-order chi connectivity index (χ1) is 11.6. The smallest absolute Gasteiger partial charge is 0.292 e. The van der Waals surface area contributed by atoms with Crippen LogP contribution in [0.4, 0.5) is 0 Å². The molecule has 0 atom stereocenters. The second-order valence-electron chi connectivity index (χ2n) is 5.63. The van der Waals surface area contributed by atoms with Crippen LogP contribution in [0, 0.1) is 10.5 Å². The van der Waals surface area contributed by atoms with Gasteiger partial charge in [0, 0.05) is 5.69 Å². The molecule has 0 aliphatic heterocycles. The molecule has 1 aromatic heterocycles. The van der Waals surface area contributed by atoms with Crippen molar-refractivity contribution in [3.63, 3.8) is 0 Å². The summed E-state index contributed by atoms with van der Waals surface area (Å²) in [4.78, 5) is 25.5. The maximum Gasteiger partial charge on any atom is 0.331 e. The minimum Gasteiger partial charge on any atom is -0.292 e. The van der Waals surface area contributed by atoms with E-state index in [1.165, 1.54) is 4.57 Å². The van der Waals surface area contributed by atoms with Crippen molar-refractivity contribution >= 4 is 22.6 Å². The number of aromatic nitrogens is 2. The van der Waals surface area contributed by atoms with Gasteiger partial charge in [-0.2, -0.15) is 0 Å². The predicted molar refractivity (Wildman–Crippen MR) is 104 cm³/mol. The van der Waals surface area contributed by atoms with E-state index in [1.807, 2.05) is 90.2 Å². The molecule has 0 N–H and O–H groups in total. The summed E-state index contributed by atoms with van der Waals surface area (Å²) in [6.45, 7) is 2.56. The SMILES string of the molecule is Cc1c(I)c(=O)n(Cc2ccccc2)c(=O)n1Cc1ccccc1. The predicted octanol–water partition coefficient (Wildman–Crippen LogP) is 3.02. The zero-order valence-corrected chi connectivity index (χ0v) is 15.4. The number of hydrogen-bond donors (Lipinski definition) is 0. The Labute approximate surface area is 153 Å². The van der Waals surface area contributed by atoms with Gasteiger partial charge in [0.25, 0.3) is 5.56 Å². The van der Waals surface area contributed by atoms with Crippen LogP contribution >= 0.6 is 22.6 Å². The molecule has 0 amide bonds. The van der Waals surface area contributed by atoms with Gasteiger partial charge in [-0.05, 0) is 40.6 Å². The molecular weight excluding hydrogens is 415 g/mol. The fourth-order valence-corrected chi connectivity index (χ4v) is 3.21. The van der Waals surface area contributed by atoms with Crippen LogP contribution in [0.25, 0.3) is 0 Å². The molecule has 0 saturated carbocycles. The number of hydrogen-bond acceptors (Lipinski definition) is 2. The molecule has 0 unspecified atom stereocenters. The maximum atomic E-state index is 12.9.